The Labute approximate surface area is 173 Å². The van der Waals surface area contributed by atoms with E-state index in [0.29, 0.717) is 18.8 Å². The SMILES string of the molecule is CCOc1ccccc1CCCNC(=O)CN(c1ccccc1)S(=O)(=O)N(C)C. The molecule has 0 spiro atoms. The molecule has 0 aliphatic heterocycles. The van der Waals surface area contributed by atoms with Crippen LogP contribution in [0.5, 0.6) is 5.75 Å². The van der Waals surface area contributed by atoms with Crippen molar-refractivity contribution in [3.05, 3.63) is 60.2 Å². The van der Waals surface area contributed by atoms with Crippen molar-refractivity contribution in [2.45, 2.75) is 19.8 Å². The summed E-state index contributed by atoms with van der Waals surface area (Å²) in [5.74, 6) is 0.506. The van der Waals surface area contributed by atoms with Crippen LogP contribution in [0, 0.1) is 0 Å². The minimum atomic E-state index is -3.78. The minimum absolute atomic E-state index is 0.278. The molecule has 8 heteroatoms. The third kappa shape index (κ3) is 6.47. The van der Waals surface area contributed by atoms with Gasteiger partial charge in [0, 0.05) is 20.6 Å². The summed E-state index contributed by atoms with van der Waals surface area (Å²) < 4.78 is 33.1. The molecule has 0 fully saturated rings. The first-order chi connectivity index (χ1) is 13.9. The third-order valence-corrected chi connectivity index (χ3v) is 6.11. The molecule has 2 rings (SSSR count). The first-order valence-corrected chi connectivity index (χ1v) is 11.0. The number of anilines is 1. The van der Waals surface area contributed by atoms with Gasteiger partial charge in [-0.1, -0.05) is 36.4 Å². The van der Waals surface area contributed by atoms with E-state index in [1.807, 2.05) is 31.2 Å². The van der Waals surface area contributed by atoms with Gasteiger partial charge in [0.25, 0.3) is 0 Å². The lowest BCUT2D eigenvalue weighted by Crippen LogP contribution is -2.46. The Morgan fingerprint density at radius 2 is 1.69 bits per heavy atom. The monoisotopic (exact) mass is 419 g/mol. The van der Waals surface area contributed by atoms with E-state index in [0.717, 1.165) is 32.8 Å². The second-order valence-corrected chi connectivity index (χ2v) is 8.69. The Morgan fingerprint density at radius 1 is 1.03 bits per heavy atom. The summed E-state index contributed by atoms with van der Waals surface area (Å²) in [6.45, 7) is 2.71. The van der Waals surface area contributed by atoms with Crippen molar-refractivity contribution in [1.29, 1.82) is 0 Å². The van der Waals surface area contributed by atoms with E-state index in [-0.39, 0.29) is 12.5 Å². The number of rotatable bonds is 11. The summed E-state index contributed by atoms with van der Waals surface area (Å²) in [6.07, 6.45) is 1.48. The first-order valence-electron chi connectivity index (χ1n) is 9.59. The van der Waals surface area contributed by atoms with Gasteiger partial charge in [-0.15, -0.1) is 0 Å². The average molecular weight is 420 g/mol. The first kappa shape index (κ1) is 22.7. The predicted octanol–water partition coefficient (Wildman–Crippen LogP) is 2.45. The number of amides is 1. The van der Waals surface area contributed by atoms with E-state index in [1.54, 1.807) is 30.3 Å². The molecule has 7 nitrogen and oxygen atoms in total. The van der Waals surface area contributed by atoms with Crippen LogP contribution in [0.1, 0.15) is 18.9 Å². The number of hydrogen-bond donors (Lipinski definition) is 1. The van der Waals surface area contributed by atoms with Crippen molar-refractivity contribution in [2.75, 3.05) is 38.1 Å². The quantitative estimate of drug-likeness (QED) is 0.568. The van der Waals surface area contributed by atoms with Gasteiger partial charge in [0.1, 0.15) is 12.3 Å². The van der Waals surface area contributed by atoms with E-state index in [1.165, 1.54) is 14.1 Å². The standard InChI is InChI=1S/C21H29N3O4S/c1-4-28-20-15-9-8-11-18(20)12-10-16-22-21(25)17-24(29(26,27)23(2)3)19-13-6-5-7-14-19/h5-9,11,13-15H,4,10,12,16-17H2,1-3H3,(H,22,25). The van der Waals surface area contributed by atoms with Crippen molar-refractivity contribution >= 4 is 21.8 Å². The van der Waals surface area contributed by atoms with Gasteiger partial charge in [0.05, 0.1) is 12.3 Å². The zero-order chi connectivity index (χ0) is 21.3. The van der Waals surface area contributed by atoms with E-state index >= 15 is 0 Å². The smallest absolute Gasteiger partial charge is 0.304 e. The molecule has 0 saturated heterocycles. The number of carbonyl (C=O) groups excluding carboxylic acids is 1. The predicted molar refractivity (Wildman–Crippen MR) is 115 cm³/mol. The summed E-state index contributed by atoms with van der Waals surface area (Å²) in [6, 6.07) is 16.4. The molecule has 0 heterocycles. The second-order valence-electron chi connectivity index (χ2n) is 6.63. The van der Waals surface area contributed by atoms with Crippen LogP contribution in [-0.2, 0) is 21.4 Å². The highest BCUT2D eigenvalue weighted by molar-refractivity contribution is 7.90. The van der Waals surface area contributed by atoms with Crippen molar-refractivity contribution in [3.63, 3.8) is 0 Å². The molecule has 0 saturated carbocycles. The lowest BCUT2D eigenvalue weighted by molar-refractivity contribution is -0.119. The maximum absolute atomic E-state index is 12.6. The summed E-state index contributed by atoms with van der Waals surface area (Å²) in [4.78, 5) is 12.4. The third-order valence-electron chi connectivity index (χ3n) is 4.29. The topological polar surface area (TPSA) is 79.0 Å². The van der Waals surface area contributed by atoms with Gasteiger partial charge in [-0.25, -0.2) is 4.31 Å². The molecule has 1 N–H and O–H groups in total. The van der Waals surface area contributed by atoms with Crippen molar-refractivity contribution in [3.8, 4) is 5.75 Å². The molecule has 1 amide bonds. The maximum Gasteiger partial charge on any atom is 0.304 e. The number of benzene rings is 2. The number of carbonyl (C=O) groups is 1. The molecular weight excluding hydrogens is 390 g/mol. The number of nitrogens with zero attached hydrogens (tertiary/aromatic N) is 2. The van der Waals surface area contributed by atoms with Gasteiger partial charge in [-0.05, 0) is 43.5 Å². The number of ether oxygens (including phenoxy) is 1. The largest absolute Gasteiger partial charge is 0.494 e. The summed E-state index contributed by atoms with van der Waals surface area (Å²) in [5.41, 5.74) is 1.53. The van der Waals surface area contributed by atoms with Gasteiger partial charge in [-0.3, -0.25) is 4.79 Å². The molecule has 0 unspecified atom stereocenters. The molecule has 2 aromatic carbocycles. The van der Waals surface area contributed by atoms with Crippen molar-refractivity contribution in [1.82, 2.24) is 9.62 Å². The molecular formula is C21H29N3O4S. The lowest BCUT2D eigenvalue weighted by atomic mass is 10.1. The van der Waals surface area contributed by atoms with Gasteiger partial charge in [0.2, 0.25) is 5.91 Å². The number of aryl methyl sites for hydroxylation is 1. The summed E-state index contributed by atoms with van der Waals surface area (Å²) >= 11 is 0. The Bertz CT molecular complexity index is 886. The molecule has 0 aliphatic rings. The highest BCUT2D eigenvalue weighted by Gasteiger charge is 2.26. The van der Waals surface area contributed by atoms with Crippen LogP contribution in [0.4, 0.5) is 5.69 Å². The van der Waals surface area contributed by atoms with Crippen LogP contribution in [0.3, 0.4) is 0 Å². The molecule has 0 bridgehead atoms. The van der Waals surface area contributed by atoms with E-state index in [4.69, 9.17) is 4.74 Å². The van der Waals surface area contributed by atoms with E-state index in [9.17, 15) is 13.2 Å². The molecule has 29 heavy (non-hydrogen) atoms. The molecule has 0 atom stereocenters. The number of nitrogens with one attached hydrogen (secondary N) is 1. The molecule has 0 radical (unpaired) electrons. The number of para-hydroxylation sites is 2. The minimum Gasteiger partial charge on any atom is -0.494 e. The fourth-order valence-electron chi connectivity index (χ4n) is 2.80. The summed E-state index contributed by atoms with van der Waals surface area (Å²) in [5, 5.41) is 2.81. The van der Waals surface area contributed by atoms with Gasteiger partial charge in [0.15, 0.2) is 0 Å². The highest BCUT2D eigenvalue weighted by atomic mass is 32.2. The Morgan fingerprint density at radius 3 is 2.34 bits per heavy atom. The zero-order valence-electron chi connectivity index (χ0n) is 17.2. The van der Waals surface area contributed by atoms with Crippen LogP contribution in [0.25, 0.3) is 0 Å². The molecule has 2 aromatic rings. The van der Waals surface area contributed by atoms with Crippen LogP contribution in [0.15, 0.2) is 54.6 Å². The Balaban J connectivity index is 1.94. The van der Waals surface area contributed by atoms with Crippen LogP contribution >= 0.6 is 0 Å². The lowest BCUT2D eigenvalue weighted by Gasteiger charge is -2.26. The van der Waals surface area contributed by atoms with E-state index < -0.39 is 10.2 Å². The summed E-state index contributed by atoms with van der Waals surface area (Å²) in [7, 11) is -0.896. The highest BCUT2D eigenvalue weighted by Crippen LogP contribution is 2.20. The fraction of sp³-hybridized carbons (Fsp3) is 0.381. The van der Waals surface area contributed by atoms with Crippen LogP contribution in [0.2, 0.25) is 0 Å². The maximum atomic E-state index is 12.6. The Hall–Kier alpha value is -2.58. The van der Waals surface area contributed by atoms with Gasteiger partial charge >= 0.3 is 10.2 Å². The van der Waals surface area contributed by atoms with Crippen molar-refractivity contribution < 1.29 is 17.9 Å². The van der Waals surface area contributed by atoms with Crippen molar-refractivity contribution in [2.24, 2.45) is 0 Å². The molecule has 158 valence electrons. The zero-order valence-corrected chi connectivity index (χ0v) is 18.0. The molecule has 0 aromatic heterocycles. The normalized spacial score (nSPS) is 11.3. The van der Waals surface area contributed by atoms with E-state index in [2.05, 4.69) is 5.32 Å². The Kier molecular flexibility index (Phi) is 8.48. The van der Waals surface area contributed by atoms with Crippen LogP contribution < -0.4 is 14.4 Å². The van der Waals surface area contributed by atoms with Gasteiger partial charge in [-0.2, -0.15) is 12.7 Å². The van der Waals surface area contributed by atoms with Crippen LogP contribution in [-0.4, -0.2) is 52.4 Å². The average Bonchev–Trinajstić information content (AvgIpc) is 2.71. The number of hydrogen-bond acceptors (Lipinski definition) is 4. The van der Waals surface area contributed by atoms with Gasteiger partial charge < -0.3 is 10.1 Å². The second kappa shape index (κ2) is 10.8. The fourth-order valence-corrected chi connectivity index (χ4v) is 3.86. The molecule has 0 aliphatic carbocycles.